The molecule has 7 heteroatoms. The van der Waals surface area contributed by atoms with Crippen LogP contribution in [0.2, 0.25) is 0 Å². The molecule has 0 saturated carbocycles. The van der Waals surface area contributed by atoms with Gasteiger partial charge in [0.05, 0.1) is 11.1 Å². The number of piperazine rings is 1. The predicted octanol–water partition coefficient (Wildman–Crippen LogP) is 1.86. The van der Waals surface area contributed by atoms with Gasteiger partial charge < -0.3 is 15.1 Å². The summed E-state index contributed by atoms with van der Waals surface area (Å²) < 4.78 is 0. The minimum atomic E-state index is -0.310. The zero-order valence-electron chi connectivity index (χ0n) is 15.4. The Morgan fingerprint density at radius 3 is 2.41 bits per heavy atom. The van der Waals surface area contributed by atoms with E-state index in [1.54, 1.807) is 15.9 Å². The van der Waals surface area contributed by atoms with Crippen LogP contribution in [0.3, 0.4) is 0 Å². The van der Waals surface area contributed by atoms with Gasteiger partial charge >= 0.3 is 0 Å². The fraction of sp³-hybridized carbons (Fsp3) is 0.300. The van der Waals surface area contributed by atoms with Crippen molar-refractivity contribution in [1.82, 2.24) is 14.8 Å². The number of nitrogens with one attached hydrogen (secondary N) is 1. The van der Waals surface area contributed by atoms with Crippen molar-refractivity contribution in [3.63, 3.8) is 0 Å². The van der Waals surface area contributed by atoms with E-state index in [0.29, 0.717) is 37.3 Å². The lowest BCUT2D eigenvalue weighted by Gasteiger charge is -2.32. The number of benzene rings is 1. The fourth-order valence-electron chi connectivity index (χ4n) is 3.04. The van der Waals surface area contributed by atoms with Crippen molar-refractivity contribution in [2.75, 3.05) is 31.5 Å². The number of hydrogen-bond donors (Lipinski definition) is 1. The number of pyridine rings is 1. The van der Waals surface area contributed by atoms with E-state index in [2.05, 4.69) is 10.3 Å². The summed E-state index contributed by atoms with van der Waals surface area (Å²) in [6.45, 7) is 5.88. The number of amides is 3. The molecule has 0 spiro atoms. The van der Waals surface area contributed by atoms with E-state index in [1.807, 2.05) is 32.0 Å². The minimum Gasteiger partial charge on any atom is -0.342 e. The number of aromatic nitrogens is 1. The van der Waals surface area contributed by atoms with Gasteiger partial charge in [-0.25, -0.2) is 0 Å². The van der Waals surface area contributed by atoms with Crippen LogP contribution in [0, 0.1) is 13.8 Å². The largest absolute Gasteiger partial charge is 0.342 e. The summed E-state index contributed by atoms with van der Waals surface area (Å²) in [6.07, 6.45) is 3.70. The number of hydrogen-bond acceptors (Lipinski definition) is 4. The van der Waals surface area contributed by atoms with Crippen molar-refractivity contribution in [2.45, 2.75) is 13.8 Å². The van der Waals surface area contributed by atoms with E-state index in [-0.39, 0.29) is 11.8 Å². The third-order valence-corrected chi connectivity index (χ3v) is 4.63. The van der Waals surface area contributed by atoms with Gasteiger partial charge in [-0.3, -0.25) is 19.4 Å². The molecule has 1 saturated heterocycles. The quantitative estimate of drug-likeness (QED) is 0.838. The molecule has 140 valence electrons. The zero-order valence-corrected chi connectivity index (χ0v) is 15.4. The fourth-order valence-corrected chi connectivity index (χ4v) is 3.04. The number of anilines is 1. The van der Waals surface area contributed by atoms with Crippen LogP contribution in [0.15, 0.2) is 36.7 Å². The molecule has 0 aliphatic carbocycles. The zero-order chi connectivity index (χ0) is 19.4. The Kier molecular flexibility index (Phi) is 5.49. The summed E-state index contributed by atoms with van der Waals surface area (Å²) in [6, 6.07) is 7.34. The summed E-state index contributed by atoms with van der Waals surface area (Å²) in [7, 11) is 0. The van der Waals surface area contributed by atoms with Gasteiger partial charge in [-0.05, 0) is 31.5 Å². The van der Waals surface area contributed by atoms with Crippen molar-refractivity contribution < 1.29 is 14.4 Å². The molecule has 27 heavy (non-hydrogen) atoms. The molecule has 2 aromatic rings. The van der Waals surface area contributed by atoms with Gasteiger partial charge in [0.25, 0.3) is 11.8 Å². The van der Waals surface area contributed by atoms with Crippen LogP contribution in [-0.4, -0.2) is 59.2 Å². The number of rotatable bonds is 4. The number of carbonyl (C=O) groups is 3. The van der Waals surface area contributed by atoms with Crippen LogP contribution >= 0.6 is 0 Å². The summed E-state index contributed by atoms with van der Waals surface area (Å²) in [5.41, 5.74) is 3.51. The Morgan fingerprint density at radius 1 is 1.04 bits per heavy atom. The highest BCUT2D eigenvalue weighted by molar-refractivity contribution is 6.06. The molecule has 0 unspecified atom stereocenters. The van der Waals surface area contributed by atoms with Crippen molar-refractivity contribution in [3.8, 4) is 0 Å². The highest BCUT2D eigenvalue weighted by Gasteiger charge is 2.22. The average molecular weight is 366 g/mol. The molecule has 1 fully saturated rings. The minimum absolute atomic E-state index is 0.186. The van der Waals surface area contributed by atoms with Crippen LogP contribution in [0.5, 0.6) is 0 Å². The lowest BCUT2D eigenvalue weighted by molar-refractivity contribution is -0.119. The molecular weight excluding hydrogens is 344 g/mol. The first-order valence-corrected chi connectivity index (χ1v) is 8.80. The normalized spacial score (nSPS) is 14.0. The van der Waals surface area contributed by atoms with Gasteiger partial charge in [-0.1, -0.05) is 17.7 Å². The Labute approximate surface area is 158 Å². The second kappa shape index (κ2) is 7.99. The molecule has 7 nitrogen and oxygen atoms in total. The summed E-state index contributed by atoms with van der Waals surface area (Å²) in [5.74, 6) is -0.496. The molecule has 2 heterocycles. The molecule has 1 aliphatic heterocycles. The lowest BCUT2D eigenvalue weighted by Crippen LogP contribution is -2.48. The molecule has 3 amide bonds. The van der Waals surface area contributed by atoms with Gasteiger partial charge in [0, 0.05) is 44.3 Å². The number of aryl methyl sites for hydroxylation is 2. The lowest BCUT2D eigenvalue weighted by atomic mass is 10.1. The second-order valence-electron chi connectivity index (χ2n) is 6.67. The van der Waals surface area contributed by atoms with Crippen molar-refractivity contribution in [2.24, 2.45) is 0 Å². The molecule has 0 bridgehead atoms. The van der Waals surface area contributed by atoms with E-state index in [4.69, 9.17) is 0 Å². The van der Waals surface area contributed by atoms with E-state index >= 15 is 0 Å². The maximum atomic E-state index is 12.7. The van der Waals surface area contributed by atoms with E-state index < -0.39 is 0 Å². The van der Waals surface area contributed by atoms with Gasteiger partial charge in [-0.2, -0.15) is 0 Å². The topological polar surface area (TPSA) is 82.6 Å². The van der Waals surface area contributed by atoms with Crippen LogP contribution in [0.25, 0.3) is 0 Å². The molecule has 1 N–H and O–H groups in total. The van der Waals surface area contributed by atoms with Crippen LogP contribution < -0.4 is 5.32 Å². The first-order chi connectivity index (χ1) is 13.0. The van der Waals surface area contributed by atoms with Crippen molar-refractivity contribution >= 4 is 23.9 Å². The highest BCUT2D eigenvalue weighted by atomic mass is 16.2. The van der Waals surface area contributed by atoms with Crippen molar-refractivity contribution in [3.05, 3.63) is 58.9 Å². The molecule has 1 aromatic heterocycles. The molecule has 0 radical (unpaired) electrons. The second-order valence-corrected chi connectivity index (χ2v) is 6.67. The maximum absolute atomic E-state index is 12.7. The van der Waals surface area contributed by atoms with Crippen LogP contribution in [0.4, 0.5) is 5.69 Å². The van der Waals surface area contributed by atoms with Crippen molar-refractivity contribution in [1.29, 1.82) is 0 Å². The first kappa shape index (κ1) is 18.6. The van der Waals surface area contributed by atoms with Gasteiger partial charge in [-0.15, -0.1) is 0 Å². The molecular formula is C20H22N4O3. The average Bonchev–Trinajstić information content (AvgIpc) is 2.69. The molecule has 1 aromatic carbocycles. The van der Waals surface area contributed by atoms with E-state index in [9.17, 15) is 14.4 Å². The Morgan fingerprint density at radius 2 is 1.74 bits per heavy atom. The molecule has 0 atom stereocenters. The monoisotopic (exact) mass is 366 g/mol. The standard InChI is InChI=1S/C20H22N4O3/c1-14-3-4-18(15(2)9-14)22-19(26)16-10-17(12-21-11-16)20(27)24-7-5-23(13-25)6-8-24/h3-4,9-13H,5-8H2,1-2H3,(H,22,26). The highest BCUT2D eigenvalue weighted by Crippen LogP contribution is 2.17. The van der Waals surface area contributed by atoms with Crippen LogP contribution in [-0.2, 0) is 4.79 Å². The molecule has 3 rings (SSSR count). The smallest absolute Gasteiger partial charge is 0.257 e. The van der Waals surface area contributed by atoms with Gasteiger partial charge in [0.1, 0.15) is 0 Å². The SMILES string of the molecule is Cc1ccc(NC(=O)c2cncc(C(=O)N3CCN(C=O)CC3)c2)c(C)c1. The Bertz CT molecular complexity index is 873. The van der Waals surface area contributed by atoms with Crippen LogP contribution in [0.1, 0.15) is 31.8 Å². The maximum Gasteiger partial charge on any atom is 0.257 e. The first-order valence-electron chi connectivity index (χ1n) is 8.80. The third kappa shape index (κ3) is 4.31. The summed E-state index contributed by atoms with van der Waals surface area (Å²) >= 11 is 0. The Balaban J connectivity index is 1.72. The Hall–Kier alpha value is -3.22. The van der Waals surface area contributed by atoms with E-state index in [0.717, 1.165) is 23.2 Å². The third-order valence-electron chi connectivity index (χ3n) is 4.63. The predicted molar refractivity (Wildman–Crippen MR) is 102 cm³/mol. The van der Waals surface area contributed by atoms with Gasteiger partial charge in [0.2, 0.25) is 6.41 Å². The number of carbonyl (C=O) groups excluding carboxylic acids is 3. The van der Waals surface area contributed by atoms with E-state index in [1.165, 1.54) is 12.4 Å². The summed E-state index contributed by atoms with van der Waals surface area (Å²) in [5, 5.41) is 2.86. The van der Waals surface area contributed by atoms with Gasteiger partial charge in [0.15, 0.2) is 0 Å². The molecule has 1 aliphatic rings. The summed E-state index contributed by atoms with van der Waals surface area (Å²) in [4.78, 5) is 43.4. The number of nitrogens with zero attached hydrogens (tertiary/aromatic N) is 3.